The molecule has 0 radical (unpaired) electrons. The number of phenols is 1. The molecule has 0 aliphatic rings. The molecule has 0 aliphatic heterocycles. The zero-order valence-corrected chi connectivity index (χ0v) is 11.6. The lowest BCUT2D eigenvalue weighted by Gasteiger charge is -2.18. The summed E-state index contributed by atoms with van der Waals surface area (Å²) in [6.45, 7) is 0.433. The van der Waals surface area contributed by atoms with E-state index in [0.717, 1.165) is 5.56 Å². The van der Waals surface area contributed by atoms with Crippen LogP contribution in [0.4, 0.5) is 10.5 Å². The summed E-state index contributed by atoms with van der Waals surface area (Å²) in [5.74, 6) is 0.198. The molecule has 5 heteroatoms. The molecular formula is C16H15N3O2. The molecule has 0 bridgehead atoms. The highest BCUT2D eigenvalue weighted by atomic mass is 16.3. The molecule has 0 aliphatic carbocycles. The second-order valence-corrected chi connectivity index (χ2v) is 4.64. The first-order valence-corrected chi connectivity index (χ1v) is 6.38. The topological polar surface area (TPSA) is 76.4 Å². The third-order valence-corrected chi connectivity index (χ3v) is 2.97. The van der Waals surface area contributed by atoms with Gasteiger partial charge in [0.2, 0.25) is 0 Å². The van der Waals surface area contributed by atoms with Gasteiger partial charge in [-0.1, -0.05) is 12.1 Å². The number of nitriles is 1. The molecule has 0 saturated carbocycles. The molecule has 2 aromatic rings. The van der Waals surface area contributed by atoms with E-state index in [-0.39, 0.29) is 11.8 Å². The molecule has 106 valence electrons. The molecule has 5 nitrogen and oxygen atoms in total. The van der Waals surface area contributed by atoms with Crippen LogP contribution in [0.25, 0.3) is 0 Å². The second kappa shape index (κ2) is 6.44. The first kappa shape index (κ1) is 14.4. The lowest BCUT2D eigenvalue weighted by molar-refractivity contribution is 0.220. The monoisotopic (exact) mass is 281 g/mol. The third-order valence-electron chi connectivity index (χ3n) is 2.97. The number of anilines is 1. The number of nitrogens with zero attached hydrogens (tertiary/aromatic N) is 2. The molecule has 0 fully saturated rings. The van der Waals surface area contributed by atoms with Crippen molar-refractivity contribution < 1.29 is 9.90 Å². The predicted octanol–water partition coefficient (Wildman–Crippen LogP) is 2.93. The quantitative estimate of drug-likeness (QED) is 0.908. The van der Waals surface area contributed by atoms with E-state index in [2.05, 4.69) is 5.32 Å². The van der Waals surface area contributed by atoms with Gasteiger partial charge in [-0.05, 0) is 42.0 Å². The predicted molar refractivity (Wildman–Crippen MR) is 79.7 cm³/mol. The number of hydrogen-bond acceptors (Lipinski definition) is 3. The fraction of sp³-hybridized carbons (Fsp3) is 0.125. The van der Waals surface area contributed by atoms with Gasteiger partial charge in [-0.15, -0.1) is 0 Å². The number of benzene rings is 2. The maximum absolute atomic E-state index is 12.0. The maximum atomic E-state index is 12.0. The average molecular weight is 281 g/mol. The van der Waals surface area contributed by atoms with E-state index in [1.54, 1.807) is 55.6 Å². The molecule has 0 spiro atoms. The summed E-state index contributed by atoms with van der Waals surface area (Å²) in [4.78, 5) is 13.6. The second-order valence-electron chi connectivity index (χ2n) is 4.64. The number of hydrogen-bond donors (Lipinski definition) is 2. The molecular weight excluding hydrogens is 266 g/mol. The lowest BCUT2D eigenvalue weighted by atomic mass is 10.2. The van der Waals surface area contributed by atoms with Gasteiger partial charge in [0.25, 0.3) is 0 Å². The van der Waals surface area contributed by atoms with E-state index < -0.39 is 0 Å². The van der Waals surface area contributed by atoms with Gasteiger partial charge in [-0.25, -0.2) is 4.79 Å². The standard InChI is InChI=1S/C16H15N3O2/c1-19(11-13-4-8-15(20)9-5-13)16(21)18-14-6-2-12(10-17)3-7-14/h2-9,20H,11H2,1H3,(H,18,21). The van der Waals surface area contributed by atoms with Gasteiger partial charge in [0.15, 0.2) is 0 Å². The van der Waals surface area contributed by atoms with Crippen molar-refractivity contribution in [2.75, 3.05) is 12.4 Å². The Bertz CT molecular complexity index is 657. The lowest BCUT2D eigenvalue weighted by Crippen LogP contribution is -2.30. The smallest absolute Gasteiger partial charge is 0.321 e. The van der Waals surface area contributed by atoms with Crippen LogP contribution in [-0.4, -0.2) is 23.1 Å². The van der Waals surface area contributed by atoms with Gasteiger partial charge in [-0.2, -0.15) is 5.26 Å². The third kappa shape index (κ3) is 3.98. The van der Waals surface area contributed by atoms with Crippen LogP contribution in [0.2, 0.25) is 0 Å². The Balaban J connectivity index is 1.95. The normalized spacial score (nSPS) is 9.71. The van der Waals surface area contributed by atoms with Crippen molar-refractivity contribution in [3.05, 3.63) is 59.7 Å². The molecule has 0 aromatic heterocycles. The van der Waals surface area contributed by atoms with E-state index >= 15 is 0 Å². The number of aromatic hydroxyl groups is 1. The minimum Gasteiger partial charge on any atom is -0.508 e. The number of amides is 2. The number of carbonyl (C=O) groups is 1. The fourth-order valence-electron chi connectivity index (χ4n) is 1.79. The van der Waals surface area contributed by atoms with Crippen LogP contribution < -0.4 is 5.32 Å². The first-order valence-electron chi connectivity index (χ1n) is 6.38. The number of carbonyl (C=O) groups excluding carboxylic acids is 1. The van der Waals surface area contributed by atoms with Crippen molar-refractivity contribution in [1.82, 2.24) is 4.90 Å². The zero-order chi connectivity index (χ0) is 15.2. The van der Waals surface area contributed by atoms with Gasteiger partial charge in [-0.3, -0.25) is 0 Å². The Hall–Kier alpha value is -3.00. The summed E-state index contributed by atoms with van der Waals surface area (Å²) in [7, 11) is 1.69. The summed E-state index contributed by atoms with van der Waals surface area (Å²) < 4.78 is 0. The van der Waals surface area contributed by atoms with E-state index in [0.29, 0.717) is 17.8 Å². The van der Waals surface area contributed by atoms with Gasteiger partial charge in [0.05, 0.1) is 11.6 Å². The number of rotatable bonds is 3. The maximum Gasteiger partial charge on any atom is 0.321 e. The highest BCUT2D eigenvalue weighted by Crippen LogP contribution is 2.13. The molecule has 21 heavy (non-hydrogen) atoms. The van der Waals surface area contributed by atoms with Crippen molar-refractivity contribution >= 4 is 11.7 Å². The van der Waals surface area contributed by atoms with Gasteiger partial charge < -0.3 is 15.3 Å². The van der Waals surface area contributed by atoms with Crippen LogP contribution in [-0.2, 0) is 6.54 Å². The molecule has 0 heterocycles. The minimum absolute atomic E-state index is 0.198. The summed E-state index contributed by atoms with van der Waals surface area (Å²) in [6.07, 6.45) is 0. The number of phenolic OH excluding ortho intramolecular Hbond substituents is 1. The van der Waals surface area contributed by atoms with E-state index in [4.69, 9.17) is 5.26 Å². The van der Waals surface area contributed by atoms with Gasteiger partial charge in [0.1, 0.15) is 5.75 Å². The molecule has 2 N–H and O–H groups in total. The molecule has 0 saturated heterocycles. The minimum atomic E-state index is -0.243. The summed E-state index contributed by atoms with van der Waals surface area (Å²) >= 11 is 0. The Kier molecular flexibility index (Phi) is 4.42. The van der Waals surface area contributed by atoms with Crippen molar-refractivity contribution in [2.45, 2.75) is 6.54 Å². The average Bonchev–Trinajstić information content (AvgIpc) is 2.50. The molecule has 0 atom stereocenters. The van der Waals surface area contributed by atoms with Crippen molar-refractivity contribution in [3.63, 3.8) is 0 Å². The number of urea groups is 1. The van der Waals surface area contributed by atoms with Crippen LogP contribution in [0.15, 0.2) is 48.5 Å². The van der Waals surface area contributed by atoms with Crippen LogP contribution >= 0.6 is 0 Å². The van der Waals surface area contributed by atoms with Gasteiger partial charge in [0, 0.05) is 19.3 Å². The van der Waals surface area contributed by atoms with E-state index in [1.165, 1.54) is 4.90 Å². The first-order chi connectivity index (χ1) is 10.1. The Morgan fingerprint density at radius 2 is 1.81 bits per heavy atom. The summed E-state index contributed by atoms with van der Waals surface area (Å²) in [5.41, 5.74) is 2.10. The van der Waals surface area contributed by atoms with E-state index in [9.17, 15) is 9.90 Å². The fourth-order valence-corrected chi connectivity index (χ4v) is 1.79. The Morgan fingerprint density at radius 1 is 1.19 bits per heavy atom. The van der Waals surface area contributed by atoms with Gasteiger partial charge >= 0.3 is 6.03 Å². The number of nitrogens with one attached hydrogen (secondary N) is 1. The van der Waals surface area contributed by atoms with E-state index in [1.807, 2.05) is 6.07 Å². The highest BCUT2D eigenvalue weighted by Gasteiger charge is 2.09. The van der Waals surface area contributed by atoms with Crippen LogP contribution in [0.5, 0.6) is 5.75 Å². The molecule has 2 aromatic carbocycles. The Morgan fingerprint density at radius 3 is 2.38 bits per heavy atom. The summed E-state index contributed by atoms with van der Waals surface area (Å²) in [5, 5.41) is 20.7. The van der Waals surface area contributed by atoms with Crippen molar-refractivity contribution in [2.24, 2.45) is 0 Å². The summed E-state index contributed by atoms with van der Waals surface area (Å²) in [6, 6.07) is 15.1. The molecule has 2 rings (SSSR count). The molecule has 2 amide bonds. The SMILES string of the molecule is CN(Cc1ccc(O)cc1)C(=O)Nc1ccc(C#N)cc1. The molecule has 0 unspecified atom stereocenters. The largest absolute Gasteiger partial charge is 0.508 e. The van der Waals surface area contributed by atoms with Crippen molar-refractivity contribution in [1.29, 1.82) is 5.26 Å². The van der Waals surface area contributed by atoms with Crippen LogP contribution in [0.1, 0.15) is 11.1 Å². The van der Waals surface area contributed by atoms with Crippen LogP contribution in [0.3, 0.4) is 0 Å². The van der Waals surface area contributed by atoms with Crippen molar-refractivity contribution in [3.8, 4) is 11.8 Å². The Labute approximate surface area is 123 Å². The highest BCUT2D eigenvalue weighted by molar-refractivity contribution is 5.89. The van der Waals surface area contributed by atoms with Crippen LogP contribution in [0, 0.1) is 11.3 Å². The zero-order valence-electron chi connectivity index (χ0n) is 11.6.